The van der Waals surface area contributed by atoms with Gasteiger partial charge in [0.05, 0.1) is 32.5 Å². The largest absolute Gasteiger partial charge is 0.309 e. The number of aromatic nitrogens is 2. The lowest BCUT2D eigenvalue weighted by Gasteiger charge is -2.11. The summed E-state index contributed by atoms with van der Waals surface area (Å²) in [5, 5.41) is 10.3. The molecular weight excluding hydrogens is 541 g/mol. The molecular formula is C40H24N2S. The van der Waals surface area contributed by atoms with Crippen molar-refractivity contribution >= 4 is 85.9 Å². The standard InChI is InChI=1S/C40H24N2S/c1-2-12-26(13-3-1)41-34-22-21-25-11-4-5-14-27(25)39(34)32-23-31-28-15-6-8-18-33(28)42(36(31)24-37(32)41)35-19-10-17-30-29-16-7-9-20-38(29)43-40(30)35/h1-24H. The van der Waals surface area contributed by atoms with Crippen molar-refractivity contribution < 1.29 is 0 Å². The second-order valence-electron chi connectivity index (χ2n) is 11.3. The number of hydrogen-bond acceptors (Lipinski definition) is 1. The molecule has 0 unspecified atom stereocenters. The van der Waals surface area contributed by atoms with E-state index in [1.807, 2.05) is 11.3 Å². The third-order valence-corrected chi connectivity index (χ3v) is 10.3. The quantitative estimate of drug-likeness (QED) is 0.198. The molecule has 10 rings (SSSR count). The Morgan fingerprint density at radius 1 is 0.395 bits per heavy atom. The predicted octanol–water partition coefficient (Wildman–Crippen LogP) is 11.4. The zero-order chi connectivity index (χ0) is 28.1. The highest BCUT2D eigenvalue weighted by Crippen LogP contribution is 2.44. The number of hydrogen-bond donors (Lipinski definition) is 0. The van der Waals surface area contributed by atoms with E-state index in [4.69, 9.17) is 0 Å². The second kappa shape index (κ2) is 8.57. The summed E-state index contributed by atoms with van der Waals surface area (Å²) in [5.74, 6) is 0. The maximum Gasteiger partial charge on any atom is 0.0640 e. The summed E-state index contributed by atoms with van der Waals surface area (Å²) in [6.07, 6.45) is 0. The summed E-state index contributed by atoms with van der Waals surface area (Å²) < 4.78 is 7.58. The Hall–Kier alpha value is -5.38. The number of nitrogens with zero attached hydrogens (tertiary/aromatic N) is 2. The molecule has 0 aliphatic carbocycles. The molecule has 0 amide bonds. The van der Waals surface area contributed by atoms with Crippen molar-refractivity contribution in [2.75, 3.05) is 0 Å². The lowest BCUT2D eigenvalue weighted by atomic mass is 10.0. The Kier molecular flexibility index (Phi) is 4.63. The Morgan fingerprint density at radius 2 is 1.12 bits per heavy atom. The van der Waals surface area contributed by atoms with E-state index in [0.717, 1.165) is 0 Å². The van der Waals surface area contributed by atoms with Gasteiger partial charge in [0.25, 0.3) is 0 Å². The van der Waals surface area contributed by atoms with Crippen LogP contribution >= 0.6 is 11.3 Å². The molecule has 0 saturated heterocycles. The Balaban J connectivity index is 1.42. The minimum atomic E-state index is 1.17. The van der Waals surface area contributed by atoms with Gasteiger partial charge in [-0.05, 0) is 59.3 Å². The molecule has 0 bridgehead atoms. The molecule has 3 heterocycles. The lowest BCUT2D eigenvalue weighted by Crippen LogP contribution is -1.96. The second-order valence-corrected chi connectivity index (χ2v) is 12.4. The SMILES string of the molecule is c1ccc(-n2c3cc4c(cc3c3c5ccccc5ccc32)c2ccccc2n4-c2cccc3c2sc2ccccc23)cc1. The highest BCUT2D eigenvalue weighted by atomic mass is 32.1. The van der Waals surface area contributed by atoms with Gasteiger partial charge in [0, 0.05) is 42.7 Å². The van der Waals surface area contributed by atoms with Gasteiger partial charge in [0.1, 0.15) is 0 Å². The van der Waals surface area contributed by atoms with Crippen LogP contribution in [-0.4, -0.2) is 9.13 Å². The van der Waals surface area contributed by atoms with Crippen molar-refractivity contribution in [3.8, 4) is 11.4 Å². The fourth-order valence-electron chi connectivity index (χ4n) is 7.27. The van der Waals surface area contributed by atoms with E-state index < -0.39 is 0 Å². The van der Waals surface area contributed by atoms with Crippen molar-refractivity contribution in [2.45, 2.75) is 0 Å². The van der Waals surface area contributed by atoms with E-state index in [2.05, 4.69) is 155 Å². The van der Waals surface area contributed by atoms with Gasteiger partial charge in [-0.3, -0.25) is 0 Å². The number of para-hydroxylation sites is 2. The highest BCUT2D eigenvalue weighted by Gasteiger charge is 2.21. The van der Waals surface area contributed by atoms with E-state index >= 15 is 0 Å². The van der Waals surface area contributed by atoms with Crippen molar-refractivity contribution in [1.82, 2.24) is 9.13 Å². The molecule has 0 N–H and O–H groups in total. The zero-order valence-electron chi connectivity index (χ0n) is 23.2. The average molecular weight is 565 g/mol. The molecule has 3 heteroatoms. The van der Waals surface area contributed by atoms with Gasteiger partial charge in [0.15, 0.2) is 0 Å². The first-order valence-corrected chi connectivity index (χ1v) is 15.5. The van der Waals surface area contributed by atoms with Crippen LogP contribution in [-0.2, 0) is 0 Å². The fraction of sp³-hybridized carbons (Fsp3) is 0. The molecule has 0 saturated carbocycles. The molecule has 0 atom stereocenters. The normalized spacial score (nSPS) is 12.2. The molecule has 7 aromatic carbocycles. The monoisotopic (exact) mass is 564 g/mol. The number of benzene rings is 7. The van der Waals surface area contributed by atoms with Gasteiger partial charge in [-0.25, -0.2) is 0 Å². The van der Waals surface area contributed by atoms with Crippen molar-refractivity contribution in [3.63, 3.8) is 0 Å². The Morgan fingerprint density at radius 3 is 2.02 bits per heavy atom. The summed E-state index contributed by atoms with van der Waals surface area (Å²) in [5.41, 5.74) is 7.31. The predicted molar refractivity (Wildman–Crippen MR) is 186 cm³/mol. The third-order valence-electron chi connectivity index (χ3n) is 9.09. The van der Waals surface area contributed by atoms with Gasteiger partial charge < -0.3 is 9.13 Å². The molecule has 200 valence electrons. The highest BCUT2D eigenvalue weighted by molar-refractivity contribution is 7.26. The van der Waals surface area contributed by atoms with Crippen LogP contribution < -0.4 is 0 Å². The molecule has 10 aromatic rings. The van der Waals surface area contributed by atoms with Crippen LogP contribution in [0.2, 0.25) is 0 Å². The van der Waals surface area contributed by atoms with Crippen molar-refractivity contribution in [2.24, 2.45) is 0 Å². The molecule has 0 aliphatic rings. The summed E-state index contributed by atoms with van der Waals surface area (Å²) in [6.45, 7) is 0. The van der Waals surface area contributed by atoms with Crippen LogP contribution in [0, 0.1) is 0 Å². The summed E-state index contributed by atoms with van der Waals surface area (Å²) >= 11 is 1.89. The zero-order valence-corrected chi connectivity index (χ0v) is 24.0. The molecule has 3 aromatic heterocycles. The molecule has 0 fully saturated rings. The molecule has 0 radical (unpaired) electrons. The first-order chi connectivity index (χ1) is 21.3. The maximum atomic E-state index is 2.49. The van der Waals surface area contributed by atoms with Crippen LogP contribution in [0.15, 0.2) is 146 Å². The van der Waals surface area contributed by atoms with Gasteiger partial charge >= 0.3 is 0 Å². The molecule has 0 aliphatic heterocycles. The minimum absolute atomic E-state index is 1.17. The Labute approximate surface area is 251 Å². The smallest absolute Gasteiger partial charge is 0.0640 e. The topological polar surface area (TPSA) is 9.86 Å². The summed E-state index contributed by atoms with van der Waals surface area (Å²) in [7, 11) is 0. The summed E-state index contributed by atoms with van der Waals surface area (Å²) in [4.78, 5) is 0. The Bertz CT molecular complexity index is 2720. The molecule has 0 spiro atoms. The van der Waals surface area contributed by atoms with Crippen molar-refractivity contribution in [1.29, 1.82) is 0 Å². The molecule has 2 nitrogen and oxygen atoms in total. The van der Waals surface area contributed by atoms with Gasteiger partial charge in [-0.1, -0.05) is 97.1 Å². The lowest BCUT2D eigenvalue weighted by molar-refractivity contribution is 1.17. The van der Waals surface area contributed by atoms with Crippen LogP contribution in [0.1, 0.15) is 0 Å². The van der Waals surface area contributed by atoms with E-state index in [9.17, 15) is 0 Å². The van der Waals surface area contributed by atoms with Crippen LogP contribution in [0.25, 0.3) is 85.9 Å². The van der Waals surface area contributed by atoms with E-state index in [1.165, 1.54) is 85.9 Å². The van der Waals surface area contributed by atoms with Gasteiger partial charge in [-0.15, -0.1) is 11.3 Å². The van der Waals surface area contributed by atoms with E-state index in [0.29, 0.717) is 0 Å². The third kappa shape index (κ3) is 3.12. The fourth-order valence-corrected chi connectivity index (χ4v) is 8.48. The molecule has 43 heavy (non-hydrogen) atoms. The average Bonchev–Trinajstić information content (AvgIpc) is 3.71. The van der Waals surface area contributed by atoms with Gasteiger partial charge in [0.2, 0.25) is 0 Å². The number of fused-ring (bicyclic) bond motifs is 11. The van der Waals surface area contributed by atoms with Gasteiger partial charge in [-0.2, -0.15) is 0 Å². The van der Waals surface area contributed by atoms with E-state index in [1.54, 1.807) is 0 Å². The maximum absolute atomic E-state index is 2.49. The summed E-state index contributed by atoms with van der Waals surface area (Å²) in [6, 6.07) is 53.4. The number of rotatable bonds is 2. The van der Waals surface area contributed by atoms with E-state index in [-0.39, 0.29) is 0 Å². The number of thiophene rings is 1. The van der Waals surface area contributed by atoms with Crippen LogP contribution in [0.4, 0.5) is 0 Å². The minimum Gasteiger partial charge on any atom is -0.309 e. The first kappa shape index (κ1) is 23.2. The van der Waals surface area contributed by atoms with Crippen LogP contribution in [0.5, 0.6) is 0 Å². The first-order valence-electron chi connectivity index (χ1n) is 14.7. The van der Waals surface area contributed by atoms with Crippen LogP contribution in [0.3, 0.4) is 0 Å². The van der Waals surface area contributed by atoms with Crippen molar-refractivity contribution in [3.05, 3.63) is 146 Å².